The summed E-state index contributed by atoms with van der Waals surface area (Å²) in [6.07, 6.45) is 0. The number of rotatable bonds is 8. The molecule has 0 aliphatic carbocycles. The molecular weight excluding hydrogens is 433 g/mol. The summed E-state index contributed by atoms with van der Waals surface area (Å²) in [7, 11) is 3.68. The van der Waals surface area contributed by atoms with Gasteiger partial charge in [-0.3, -0.25) is 4.99 Å². The van der Waals surface area contributed by atoms with Gasteiger partial charge in [0.05, 0.1) is 33.4 Å². The van der Waals surface area contributed by atoms with E-state index in [9.17, 15) is 0 Å². The lowest BCUT2D eigenvalue weighted by atomic mass is 9.89. The molecule has 1 aliphatic heterocycles. The van der Waals surface area contributed by atoms with Crippen LogP contribution < -0.4 is 14.8 Å². The van der Waals surface area contributed by atoms with Crippen LogP contribution in [0.15, 0.2) is 29.3 Å². The summed E-state index contributed by atoms with van der Waals surface area (Å²) in [5.41, 5.74) is 0.182. The van der Waals surface area contributed by atoms with Crippen LogP contribution in [0.4, 0.5) is 0 Å². The molecule has 0 amide bonds. The van der Waals surface area contributed by atoms with Gasteiger partial charge in [0, 0.05) is 19.0 Å². The summed E-state index contributed by atoms with van der Waals surface area (Å²) in [4.78, 5) is 6.83. The molecule has 0 saturated carbocycles. The van der Waals surface area contributed by atoms with Crippen LogP contribution in [0.1, 0.15) is 13.8 Å². The van der Waals surface area contributed by atoms with E-state index in [0.29, 0.717) is 6.61 Å². The second-order valence-corrected chi connectivity index (χ2v) is 6.42. The highest BCUT2D eigenvalue weighted by atomic mass is 127. The highest BCUT2D eigenvalue weighted by molar-refractivity contribution is 14.0. The molecule has 142 valence electrons. The molecule has 0 radical (unpaired) electrons. The summed E-state index contributed by atoms with van der Waals surface area (Å²) < 4.78 is 16.2. The van der Waals surface area contributed by atoms with E-state index in [1.807, 2.05) is 31.3 Å². The SMILES string of the molecule is CCNC(=NCC1(C)COC1)N(C)CCOc1ccc(OC)cc1.I. The van der Waals surface area contributed by atoms with E-state index in [1.54, 1.807) is 7.11 Å². The van der Waals surface area contributed by atoms with Gasteiger partial charge in [-0.2, -0.15) is 0 Å². The number of benzene rings is 1. The Balaban J connectivity index is 0.00000312. The van der Waals surface area contributed by atoms with Crippen LogP contribution in [0.25, 0.3) is 0 Å². The van der Waals surface area contributed by atoms with E-state index in [1.165, 1.54) is 0 Å². The molecule has 25 heavy (non-hydrogen) atoms. The number of nitrogens with one attached hydrogen (secondary N) is 1. The number of ether oxygens (including phenoxy) is 3. The molecule has 2 rings (SSSR count). The molecule has 0 aromatic heterocycles. The first-order valence-corrected chi connectivity index (χ1v) is 8.40. The average Bonchev–Trinajstić information content (AvgIpc) is 2.57. The smallest absolute Gasteiger partial charge is 0.193 e. The Morgan fingerprint density at radius 2 is 1.92 bits per heavy atom. The Morgan fingerprint density at radius 3 is 2.44 bits per heavy atom. The zero-order valence-electron chi connectivity index (χ0n) is 15.6. The van der Waals surface area contributed by atoms with E-state index >= 15 is 0 Å². The molecule has 1 aromatic rings. The lowest BCUT2D eigenvalue weighted by molar-refractivity contribution is -0.0945. The molecule has 7 heteroatoms. The quantitative estimate of drug-likeness (QED) is 0.365. The Labute approximate surface area is 167 Å². The van der Waals surface area contributed by atoms with E-state index in [0.717, 1.165) is 50.3 Å². The lowest BCUT2D eigenvalue weighted by Crippen LogP contribution is -2.45. The number of likely N-dealkylation sites (N-methyl/N-ethyl adjacent to an activating group) is 1. The molecule has 0 unspecified atom stereocenters. The van der Waals surface area contributed by atoms with Crippen molar-refractivity contribution in [1.29, 1.82) is 0 Å². The molecule has 1 N–H and O–H groups in total. The Morgan fingerprint density at radius 1 is 1.28 bits per heavy atom. The van der Waals surface area contributed by atoms with Gasteiger partial charge in [-0.15, -0.1) is 24.0 Å². The van der Waals surface area contributed by atoms with Gasteiger partial charge in [-0.1, -0.05) is 6.92 Å². The number of guanidine groups is 1. The summed E-state index contributed by atoms with van der Waals surface area (Å²) in [6, 6.07) is 7.61. The van der Waals surface area contributed by atoms with Crippen molar-refractivity contribution in [2.75, 3.05) is 53.6 Å². The van der Waals surface area contributed by atoms with Gasteiger partial charge in [0.25, 0.3) is 0 Å². The molecule has 1 heterocycles. The normalized spacial score (nSPS) is 15.6. The minimum absolute atomic E-state index is 0. The molecule has 1 aromatic carbocycles. The lowest BCUT2D eigenvalue weighted by Gasteiger charge is -2.37. The number of nitrogens with zero attached hydrogens (tertiary/aromatic N) is 2. The maximum Gasteiger partial charge on any atom is 0.193 e. The van der Waals surface area contributed by atoms with Crippen LogP contribution in [0.5, 0.6) is 11.5 Å². The molecule has 6 nitrogen and oxygen atoms in total. The number of hydrogen-bond donors (Lipinski definition) is 1. The van der Waals surface area contributed by atoms with E-state index in [4.69, 9.17) is 19.2 Å². The van der Waals surface area contributed by atoms with Crippen molar-refractivity contribution >= 4 is 29.9 Å². The van der Waals surface area contributed by atoms with Crippen LogP contribution in [-0.4, -0.2) is 64.5 Å². The van der Waals surface area contributed by atoms with Crippen molar-refractivity contribution in [3.8, 4) is 11.5 Å². The fourth-order valence-corrected chi connectivity index (χ4v) is 2.36. The van der Waals surface area contributed by atoms with Crippen LogP contribution in [0.3, 0.4) is 0 Å². The predicted octanol–water partition coefficient (Wildman–Crippen LogP) is 2.63. The maximum absolute atomic E-state index is 5.78. The van der Waals surface area contributed by atoms with E-state index < -0.39 is 0 Å². The Bertz CT molecular complexity index is 533. The van der Waals surface area contributed by atoms with Crippen molar-refractivity contribution in [3.63, 3.8) is 0 Å². The molecular formula is C18H30IN3O3. The standard InChI is InChI=1S/C18H29N3O3.HI/c1-5-19-17(20-12-18(2)13-23-14-18)21(3)10-11-24-16-8-6-15(22-4)7-9-16;/h6-9H,5,10-14H2,1-4H3,(H,19,20);1H. The largest absolute Gasteiger partial charge is 0.497 e. The second kappa shape index (κ2) is 10.7. The monoisotopic (exact) mass is 463 g/mol. The fourth-order valence-electron chi connectivity index (χ4n) is 2.36. The van der Waals surface area contributed by atoms with Crippen LogP contribution in [0, 0.1) is 5.41 Å². The van der Waals surface area contributed by atoms with Gasteiger partial charge in [-0.25, -0.2) is 0 Å². The first kappa shape index (κ1) is 21.8. The fraction of sp³-hybridized carbons (Fsp3) is 0.611. The van der Waals surface area contributed by atoms with Gasteiger partial charge >= 0.3 is 0 Å². The summed E-state index contributed by atoms with van der Waals surface area (Å²) in [6.45, 7) is 8.83. The zero-order valence-corrected chi connectivity index (χ0v) is 17.9. The van der Waals surface area contributed by atoms with E-state index in [2.05, 4.69) is 24.1 Å². The topological polar surface area (TPSA) is 55.3 Å². The average molecular weight is 463 g/mol. The number of aliphatic imine (C=N–C) groups is 1. The molecule has 0 bridgehead atoms. The van der Waals surface area contributed by atoms with Crippen LogP contribution in [0.2, 0.25) is 0 Å². The molecule has 1 fully saturated rings. The number of halogens is 1. The van der Waals surface area contributed by atoms with E-state index in [-0.39, 0.29) is 29.4 Å². The summed E-state index contributed by atoms with van der Waals surface area (Å²) in [5, 5.41) is 3.33. The van der Waals surface area contributed by atoms with Crippen LogP contribution >= 0.6 is 24.0 Å². The summed E-state index contributed by atoms with van der Waals surface area (Å²) >= 11 is 0. The van der Waals surface area contributed by atoms with Crippen molar-refractivity contribution in [1.82, 2.24) is 10.2 Å². The molecule has 1 aliphatic rings. The number of hydrogen-bond acceptors (Lipinski definition) is 4. The predicted molar refractivity (Wildman–Crippen MR) is 111 cm³/mol. The Hall–Kier alpha value is -1.22. The maximum atomic E-state index is 5.78. The Kier molecular flexibility index (Phi) is 9.34. The third-order valence-corrected chi connectivity index (χ3v) is 3.96. The van der Waals surface area contributed by atoms with Crippen molar-refractivity contribution in [2.24, 2.45) is 10.4 Å². The highest BCUT2D eigenvalue weighted by Crippen LogP contribution is 2.26. The summed E-state index contributed by atoms with van der Waals surface area (Å²) in [5.74, 6) is 2.57. The highest BCUT2D eigenvalue weighted by Gasteiger charge is 2.33. The van der Waals surface area contributed by atoms with Gasteiger partial charge in [0.15, 0.2) is 5.96 Å². The second-order valence-electron chi connectivity index (χ2n) is 6.42. The third-order valence-electron chi connectivity index (χ3n) is 3.96. The van der Waals surface area contributed by atoms with Gasteiger partial charge in [-0.05, 0) is 31.2 Å². The van der Waals surface area contributed by atoms with Crippen molar-refractivity contribution < 1.29 is 14.2 Å². The number of methoxy groups -OCH3 is 1. The molecule has 0 atom stereocenters. The first-order chi connectivity index (χ1) is 11.6. The van der Waals surface area contributed by atoms with Crippen LogP contribution in [-0.2, 0) is 4.74 Å². The van der Waals surface area contributed by atoms with Crippen molar-refractivity contribution in [3.05, 3.63) is 24.3 Å². The van der Waals surface area contributed by atoms with Gasteiger partial charge in [0.2, 0.25) is 0 Å². The minimum Gasteiger partial charge on any atom is -0.497 e. The molecule has 0 spiro atoms. The third kappa shape index (κ3) is 6.89. The van der Waals surface area contributed by atoms with Gasteiger partial charge < -0.3 is 24.4 Å². The van der Waals surface area contributed by atoms with Gasteiger partial charge in [0.1, 0.15) is 18.1 Å². The molecule has 1 saturated heterocycles. The minimum atomic E-state index is 0. The van der Waals surface area contributed by atoms with Crippen molar-refractivity contribution in [2.45, 2.75) is 13.8 Å². The zero-order chi connectivity index (χ0) is 17.4. The first-order valence-electron chi connectivity index (χ1n) is 8.40.